The third-order valence-electron chi connectivity index (χ3n) is 5.68. The first-order valence-electron chi connectivity index (χ1n) is 9.59. The van der Waals surface area contributed by atoms with E-state index in [1.165, 1.54) is 12.4 Å². The number of aliphatic hydroxyl groups is 2. The molecule has 1 saturated heterocycles. The Bertz CT molecular complexity index is 885. The third-order valence-corrected chi connectivity index (χ3v) is 5.92. The van der Waals surface area contributed by atoms with E-state index in [-0.39, 0.29) is 11.7 Å². The smallest absolute Gasteiger partial charge is 0.235 e. The van der Waals surface area contributed by atoms with E-state index in [2.05, 4.69) is 20.2 Å². The van der Waals surface area contributed by atoms with Crippen molar-refractivity contribution in [1.82, 2.24) is 14.9 Å². The standard InChI is InChI=1S/C20H23ClN4O4/c21-13-1-2-16-15(9-13)20(19(28)24-16)3-5-25(6-4-20)7-8-29-14-10-22-18(23-11-14)17(27)12-26/h1-2,9-11,17,26-27H,3-8,12H2,(H,24,28)/t17-/m0/s1. The number of aliphatic hydroxyl groups excluding tert-OH is 2. The number of hydrogen-bond acceptors (Lipinski definition) is 7. The van der Waals surface area contributed by atoms with Gasteiger partial charge in [-0.2, -0.15) is 0 Å². The first kappa shape index (κ1) is 20.0. The van der Waals surface area contributed by atoms with Gasteiger partial charge in [-0.15, -0.1) is 0 Å². The molecule has 0 saturated carbocycles. The summed E-state index contributed by atoms with van der Waals surface area (Å²) in [5.41, 5.74) is 1.38. The van der Waals surface area contributed by atoms with Crippen molar-refractivity contribution in [3.63, 3.8) is 0 Å². The number of carbonyl (C=O) groups is 1. The molecular weight excluding hydrogens is 396 g/mol. The molecule has 1 spiro atoms. The number of aromatic nitrogens is 2. The highest BCUT2D eigenvalue weighted by Gasteiger charge is 2.48. The van der Waals surface area contributed by atoms with Gasteiger partial charge < -0.3 is 20.3 Å². The van der Waals surface area contributed by atoms with Crippen molar-refractivity contribution < 1.29 is 19.7 Å². The number of hydrogen-bond donors (Lipinski definition) is 3. The Hall–Kier alpha value is -2.26. The number of rotatable bonds is 6. The molecule has 2 aliphatic rings. The summed E-state index contributed by atoms with van der Waals surface area (Å²) in [6.45, 7) is 2.35. The number of benzene rings is 1. The molecule has 2 aliphatic heterocycles. The third kappa shape index (κ3) is 3.93. The molecule has 29 heavy (non-hydrogen) atoms. The molecule has 1 aromatic carbocycles. The van der Waals surface area contributed by atoms with Crippen LogP contribution >= 0.6 is 11.6 Å². The van der Waals surface area contributed by atoms with Crippen LogP contribution in [0.4, 0.5) is 5.69 Å². The van der Waals surface area contributed by atoms with Crippen LogP contribution in [-0.4, -0.2) is 63.8 Å². The summed E-state index contributed by atoms with van der Waals surface area (Å²) in [7, 11) is 0. The van der Waals surface area contributed by atoms with Gasteiger partial charge in [-0.05, 0) is 49.7 Å². The van der Waals surface area contributed by atoms with Crippen LogP contribution in [0.1, 0.15) is 30.3 Å². The Morgan fingerprint density at radius 1 is 1.28 bits per heavy atom. The Morgan fingerprint density at radius 3 is 2.69 bits per heavy atom. The van der Waals surface area contributed by atoms with E-state index in [1.54, 1.807) is 6.07 Å². The minimum Gasteiger partial charge on any atom is -0.489 e. The fourth-order valence-corrected chi connectivity index (χ4v) is 4.16. The maximum atomic E-state index is 12.7. The van der Waals surface area contributed by atoms with Crippen LogP contribution in [0.3, 0.4) is 0 Å². The summed E-state index contributed by atoms with van der Waals surface area (Å²) in [4.78, 5) is 22.9. The largest absolute Gasteiger partial charge is 0.489 e. The molecule has 9 heteroatoms. The quantitative estimate of drug-likeness (QED) is 0.652. The Morgan fingerprint density at radius 2 is 2.00 bits per heavy atom. The minimum absolute atomic E-state index is 0.0629. The lowest BCUT2D eigenvalue weighted by Gasteiger charge is -2.37. The number of likely N-dealkylation sites (tertiary alicyclic amines) is 1. The predicted octanol–water partition coefficient (Wildman–Crippen LogP) is 1.52. The van der Waals surface area contributed by atoms with Crippen LogP contribution < -0.4 is 10.1 Å². The van der Waals surface area contributed by atoms with Gasteiger partial charge in [0.25, 0.3) is 0 Å². The van der Waals surface area contributed by atoms with E-state index in [4.69, 9.17) is 21.4 Å². The number of halogens is 1. The Kier molecular flexibility index (Phi) is 5.69. The van der Waals surface area contributed by atoms with E-state index in [0.29, 0.717) is 17.4 Å². The van der Waals surface area contributed by atoms with Crippen molar-refractivity contribution in [3.05, 3.63) is 47.0 Å². The van der Waals surface area contributed by atoms with Gasteiger partial charge in [-0.1, -0.05) is 11.6 Å². The average molecular weight is 419 g/mol. The summed E-state index contributed by atoms with van der Waals surface area (Å²) in [6, 6.07) is 5.58. The number of fused-ring (bicyclic) bond motifs is 2. The molecule has 154 valence electrons. The van der Waals surface area contributed by atoms with Crippen LogP contribution in [0.2, 0.25) is 5.02 Å². The lowest BCUT2D eigenvalue weighted by Crippen LogP contribution is -2.47. The van der Waals surface area contributed by atoms with E-state index < -0.39 is 18.1 Å². The molecule has 1 fully saturated rings. The zero-order valence-corrected chi connectivity index (χ0v) is 16.6. The normalized spacial score (nSPS) is 19.1. The second-order valence-corrected chi connectivity index (χ2v) is 7.83. The van der Waals surface area contributed by atoms with E-state index in [0.717, 1.165) is 43.7 Å². The number of nitrogens with one attached hydrogen (secondary N) is 1. The summed E-state index contributed by atoms with van der Waals surface area (Å²) in [5, 5.41) is 22.0. The zero-order chi connectivity index (χ0) is 20.4. The molecule has 8 nitrogen and oxygen atoms in total. The van der Waals surface area contributed by atoms with Gasteiger partial charge in [0.1, 0.15) is 12.7 Å². The minimum atomic E-state index is -1.09. The van der Waals surface area contributed by atoms with Crippen molar-refractivity contribution in [3.8, 4) is 5.75 Å². The van der Waals surface area contributed by atoms with E-state index >= 15 is 0 Å². The summed E-state index contributed by atoms with van der Waals surface area (Å²) in [6.07, 6.45) is 3.36. The van der Waals surface area contributed by atoms with Crippen molar-refractivity contribution in [1.29, 1.82) is 0 Å². The lowest BCUT2D eigenvalue weighted by atomic mass is 9.73. The van der Waals surface area contributed by atoms with Crippen LogP contribution in [0, 0.1) is 0 Å². The predicted molar refractivity (Wildman–Crippen MR) is 107 cm³/mol. The van der Waals surface area contributed by atoms with Gasteiger partial charge in [0.2, 0.25) is 5.91 Å². The SMILES string of the molecule is O=C1Nc2ccc(Cl)cc2C12CCN(CCOc1cnc([C@@H](O)CO)nc1)CC2. The summed E-state index contributed by atoms with van der Waals surface area (Å²) >= 11 is 6.16. The average Bonchev–Trinajstić information content (AvgIpc) is 3.00. The molecule has 1 atom stereocenters. The molecule has 0 aliphatic carbocycles. The number of amides is 1. The van der Waals surface area contributed by atoms with Gasteiger partial charge >= 0.3 is 0 Å². The number of nitrogens with zero attached hydrogens (tertiary/aromatic N) is 3. The highest BCUT2D eigenvalue weighted by molar-refractivity contribution is 6.31. The van der Waals surface area contributed by atoms with Crippen molar-refractivity contribution in [2.45, 2.75) is 24.4 Å². The molecule has 4 rings (SSSR count). The molecular formula is C20H23ClN4O4. The molecule has 0 bridgehead atoms. The van der Waals surface area contributed by atoms with Crippen LogP contribution in [0.25, 0.3) is 0 Å². The van der Waals surface area contributed by atoms with Gasteiger partial charge in [0, 0.05) is 17.3 Å². The first-order valence-corrected chi connectivity index (χ1v) is 9.97. The maximum absolute atomic E-state index is 12.7. The second-order valence-electron chi connectivity index (χ2n) is 7.39. The monoisotopic (exact) mass is 418 g/mol. The molecule has 1 aromatic heterocycles. The molecule has 1 amide bonds. The highest BCUT2D eigenvalue weighted by atomic mass is 35.5. The number of anilines is 1. The Balaban J connectivity index is 1.30. The van der Waals surface area contributed by atoms with E-state index in [1.807, 2.05) is 12.1 Å². The number of ether oxygens (including phenoxy) is 1. The van der Waals surface area contributed by atoms with E-state index in [9.17, 15) is 9.90 Å². The molecule has 3 N–H and O–H groups in total. The molecule has 3 heterocycles. The van der Waals surface area contributed by atoms with Gasteiger partial charge in [-0.25, -0.2) is 9.97 Å². The molecule has 0 unspecified atom stereocenters. The maximum Gasteiger partial charge on any atom is 0.235 e. The van der Waals surface area contributed by atoms with Crippen LogP contribution in [0.15, 0.2) is 30.6 Å². The van der Waals surface area contributed by atoms with Crippen molar-refractivity contribution >= 4 is 23.2 Å². The first-order chi connectivity index (χ1) is 14.0. The van der Waals surface area contributed by atoms with Crippen LogP contribution in [0.5, 0.6) is 5.75 Å². The summed E-state index contributed by atoms with van der Waals surface area (Å²) < 4.78 is 5.68. The Labute approximate surface area is 173 Å². The highest BCUT2D eigenvalue weighted by Crippen LogP contribution is 2.45. The fourth-order valence-electron chi connectivity index (χ4n) is 3.99. The van der Waals surface area contributed by atoms with Crippen molar-refractivity contribution in [2.24, 2.45) is 0 Å². The van der Waals surface area contributed by atoms with Crippen LogP contribution in [-0.2, 0) is 10.2 Å². The van der Waals surface area contributed by atoms with Gasteiger partial charge in [0.05, 0.1) is 24.4 Å². The van der Waals surface area contributed by atoms with Gasteiger partial charge in [0.15, 0.2) is 11.6 Å². The zero-order valence-electron chi connectivity index (χ0n) is 15.8. The van der Waals surface area contributed by atoms with Crippen molar-refractivity contribution in [2.75, 3.05) is 38.2 Å². The summed E-state index contributed by atoms with van der Waals surface area (Å²) in [5.74, 6) is 0.732. The number of carbonyl (C=O) groups excluding carboxylic acids is 1. The number of piperidine rings is 1. The molecule has 2 aromatic rings. The second kappa shape index (κ2) is 8.23. The van der Waals surface area contributed by atoms with Gasteiger partial charge in [-0.3, -0.25) is 9.69 Å². The lowest BCUT2D eigenvalue weighted by molar-refractivity contribution is -0.122. The molecule has 0 radical (unpaired) electrons. The topological polar surface area (TPSA) is 108 Å². The fraction of sp³-hybridized carbons (Fsp3) is 0.450.